The summed E-state index contributed by atoms with van der Waals surface area (Å²) in [5.74, 6) is -0.0254. The molecule has 0 aliphatic rings. The standard InChI is InChI=1S/C36H48O8/c1-27(37)41-33-21-31(22-34(25-33)42-28(2)38)19-17-15-13-11-9-7-5-6-8-10-12-14-16-18-20-32-23-35(43-29(3)39)26-36(24-32)44-30(4)40/h5-6,21-26H,7-20H2,1-4H3/b6-5-. The molecule has 0 aliphatic carbocycles. The third-order valence-corrected chi connectivity index (χ3v) is 6.77. The summed E-state index contributed by atoms with van der Waals surface area (Å²) in [5, 5.41) is 0. The van der Waals surface area contributed by atoms with Crippen LogP contribution in [0.5, 0.6) is 23.0 Å². The Balaban J connectivity index is 1.52. The van der Waals surface area contributed by atoms with Crippen molar-refractivity contribution >= 4 is 23.9 Å². The smallest absolute Gasteiger partial charge is 0.308 e. The highest BCUT2D eigenvalue weighted by atomic mass is 16.6. The highest BCUT2D eigenvalue weighted by molar-refractivity contribution is 5.72. The number of hydrogen-bond donors (Lipinski definition) is 0. The van der Waals surface area contributed by atoms with Crippen molar-refractivity contribution < 1.29 is 38.1 Å². The van der Waals surface area contributed by atoms with E-state index in [9.17, 15) is 19.2 Å². The van der Waals surface area contributed by atoms with E-state index in [-0.39, 0.29) is 0 Å². The molecular formula is C36H48O8. The fourth-order valence-electron chi connectivity index (χ4n) is 4.93. The molecule has 0 aromatic heterocycles. The molecule has 0 heterocycles. The number of esters is 4. The lowest BCUT2D eigenvalue weighted by molar-refractivity contribution is -0.133. The second-order valence-electron chi connectivity index (χ2n) is 11.1. The largest absolute Gasteiger partial charge is 0.427 e. The van der Waals surface area contributed by atoms with Gasteiger partial charge >= 0.3 is 23.9 Å². The van der Waals surface area contributed by atoms with Gasteiger partial charge in [0.15, 0.2) is 0 Å². The number of hydrogen-bond acceptors (Lipinski definition) is 8. The van der Waals surface area contributed by atoms with Crippen molar-refractivity contribution in [2.24, 2.45) is 0 Å². The van der Waals surface area contributed by atoms with Crippen LogP contribution in [-0.4, -0.2) is 23.9 Å². The minimum Gasteiger partial charge on any atom is -0.427 e. The quantitative estimate of drug-likeness (QED) is 0.0638. The molecule has 0 atom stereocenters. The van der Waals surface area contributed by atoms with Crippen molar-refractivity contribution in [1.29, 1.82) is 0 Å². The first-order chi connectivity index (χ1) is 21.1. The molecule has 0 spiro atoms. The fraction of sp³-hybridized carbons (Fsp3) is 0.500. The van der Waals surface area contributed by atoms with Gasteiger partial charge in [-0.1, -0.05) is 50.7 Å². The number of ether oxygens (including phenoxy) is 4. The Morgan fingerprint density at radius 2 is 0.705 bits per heavy atom. The number of carbonyl (C=O) groups excluding carboxylic acids is 4. The maximum Gasteiger partial charge on any atom is 0.308 e. The lowest BCUT2D eigenvalue weighted by Crippen LogP contribution is -2.05. The fourth-order valence-corrected chi connectivity index (χ4v) is 4.93. The van der Waals surface area contributed by atoms with Crippen molar-refractivity contribution in [3.8, 4) is 23.0 Å². The molecule has 0 aliphatic heterocycles. The Bertz CT molecular complexity index is 1080. The highest BCUT2D eigenvalue weighted by Crippen LogP contribution is 2.26. The maximum atomic E-state index is 11.3. The van der Waals surface area contributed by atoms with Gasteiger partial charge in [0.05, 0.1) is 0 Å². The zero-order valence-corrected chi connectivity index (χ0v) is 26.8. The van der Waals surface area contributed by atoms with Crippen molar-refractivity contribution in [2.75, 3.05) is 0 Å². The van der Waals surface area contributed by atoms with Crippen LogP contribution in [0.25, 0.3) is 0 Å². The number of allylic oxidation sites excluding steroid dienone is 2. The van der Waals surface area contributed by atoms with Crippen molar-refractivity contribution in [1.82, 2.24) is 0 Å². The van der Waals surface area contributed by atoms with Gasteiger partial charge in [-0.15, -0.1) is 0 Å². The maximum absolute atomic E-state index is 11.3. The molecule has 0 saturated heterocycles. The van der Waals surface area contributed by atoms with Crippen molar-refractivity contribution in [3.63, 3.8) is 0 Å². The van der Waals surface area contributed by atoms with E-state index in [1.165, 1.54) is 66.2 Å². The SMILES string of the molecule is CC(=O)Oc1cc(CCCCCCC/C=C\CCCCCCCc2cc(OC(C)=O)cc(OC(C)=O)c2)cc(OC(C)=O)c1. The third kappa shape index (κ3) is 17.2. The first-order valence-electron chi connectivity index (χ1n) is 15.8. The molecule has 0 N–H and O–H groups in total. The van der Waals surface area contributed by atoms with E-state index in [0.29, 0.717) is 23.0 Å². The van der Waals surface area contributed by atoms with Gasteiger partial charge in [-0.2, -0.15) is 0 Å². The average Bonchev–Trinajstić information content (AvgIpc) is 2.91. The highest BCUT2D eigenvalue weighted by Gasteiger charge is 2.09. The summed E-state index contributed by atoms with van der Waals surface area (Å²) < 4.78 is 20.7. The van der Waals surface area contributed by atoms with Crippen LogP contribution in [0.4, 0.5) is 0 Å². The number of rotatable bonds is 20. The van der Waals surface area contributed by atoms with Crippen LogP contribution in [-0.2, 0) is 32.0 Å². The molecule has 8 heteroatoms. The molecule has 0 unspecified atom stereocenters. The molecule has 2 rings (SSSR count). The molecule has 240 valence electrons. The number of carbonyl (C=O) groups is 4. The first kappa shape index (κ1) is 36.3. The van der Waals surface area contributed by atoms with Gasteiger partial charge in [-0.25, -0.2) is 0 Å². The van der Waals surface area contributed by atoms with Crippen LogP contribution < -0.4 is 18.9 Å². The Morgan fingerprint density at radius 3 is 1.00 bits per heavy atom. The summed E-state index contributed by atoms with van der Waals surface area (Å²) in [7, 11) is 0. The predicted octanol–water partition coefficient (Wildman–Crippen LogP) is 8.41. The summed E-state index contributed by atoms with van der Waals surface area (Å²) >= 11 is 0. The van der Waals surface area contributed by atoms with Crippen LogP contribution >= 0.6 is 0 Å². The lowest BCUT2D eigenvalue weighted by Gasteiger charge is -2.09. The van der Waals surface area contributed by atoms with E-state index in [0.717, 1.165) is 62.5 Å². The summed E-state index contributed by atoms with van der Waals surface area (Å²) in [6, 6.07) is 10.4. The zero-order chi connectivity index (χ0) is 32.2. The zero-order valence-electron chi connectivity index (χ0n) is 26.8. The molecule has 44 heavy (non-hydrogen) atoms. The van der Waals surface area contributed by atoms with Crippen molar-refractivity contribution in [2.45, 2.75) is 118 Å². The van der Waals surface area contributed by atoms with E-state index in [4.69, 9.17) is 18.9 Å². The summed E-state index contributed by atoms with van der Waals surface area (Å²) in [5.41, 5.74) is 1.98. The molecule has 2 aromatic rings. The normalized spacial score (nSPS) is 10.9. The Morgan fingerprint density at radius 1 is 0.432 bits per heavy atom. The van der Waals surface area contributed by atoms with Gasteiger partial charge in [0.2, 0.25) is 0 Å². The molecule has 0 fully saturated rings. The summed E-state index contributed by atoms with van der Waals surface area (Å²) in [6.45, 7) is 5.39. The molecule has 0 bridgehead atoms. The van der Waals surface area contributed by atoms with Gasteiger partial charge in [0.25, 0.3) is 0 Å². The molecule has 0 amide bonds. The van der Waals surface area contributed by atoms with Crippen LogP contribution in [0.1, 0.15) is 116 Å². The first-order valence-corrected chi connectivity index (χ1v) is 15.8. The third-order valence-electron chi connectivity index (χ3n) is 6.77. The van der Waals surface area contributed by atoms with Crippen molar-refractivity contribution in [3.05, 3.63) is 59.7 Å². The Labute approximate surface area is 262 Å². The van der Waals surface area contributed by atoms with E-state index >= 15 is 0 Å². The summed E-state index contributed by atoms with van der Waals surface area (Å²) in [4.78, 5) is 45.2. The van der Waals surface area contributed by atoms with Gasteiger partial charge in [0, 0.05) is 39.8 Å². The number of aryl methyl sites for hydroxylation is 2. The van der Waals surface area contributed by atoms with Crippen LogP contribution in [0.2, 0.25) is 0 Å². The van der Waals surface area contributed by atoms with Gasteiger partial charge in [-0.05, 0) is 86.8 Å². The minimum atomic E-state index is -0.405. The van der Waals surface area contributed by atoms with Gasteiger partial charge < -0.3 is 18.9 Å². The molecule has 8 nitrogen and oxygen atoms in total. The number of benzene rings is 2. The van der Waals surface area contributed by atoms with E-state index in [2.05, 4.69) is 12.2 Å². The second-order valence-corrected chi connectivity index (χ2v) is 11.1. The number of unbranched alkanes of at least 4 members (excludes halogenated alkanes) is 10. The van der Waals surface area contributed by atoms with E-state index in [1.807, 2.05) is 24.3 Å². The van der Waals surface area contributed by atoms with Crippen LogP contribution in [0, 0.1) is 0 Å². The van der Waals surface area contributed by atoms with Gasteiger partial charge in [0.1, 0.15) is 23.0 Å². The second kappa shape index (κ2) is 20.9. The van der Waals surface area contributed by atoms with Gasteiger partial charge in [-0.3, -0.25) is 19.2 Å². The minimum absolute atomic E-state index is 0.399. The molecular weight excluding hydrogens is 560 g/mol. The summed E-state index contributed by atoms with van der Waals surface area (Å²) in [6.07, 6.45) is 19.9. The molecule has 0 saturated carbocycles. The lowest BCUT2D eigenvalue weighted by atomic mass is 10.0. The van der Waals surface area contributed by atoms with E-state index in [1.54, 1.807) is 12.1 Å². The molecule has 2 aromatic carbocycles. The average molecular weight is 609 g/mol. The Kier molecular flexibility index (Phi) is 17.2. The van der Waals surface area contributed by atoms with Crippen LogP contribution in [0.3, 0.4) is 0 Å². The van der Waals surface area contributed by atoms with E-state index < -0.39 is 23.9 Å². The monoisotopic (exact) mass is 608 g/mol. The predicted molar refractivity (Wildman–Crippen MR) is 170 cm³/mol. The van der Waals surface area contributed by atoms with Crippen LogP contribution in [0.15, 0.2) is 48.6 Å². The Hall–Kier alpha value is -3.94. The molecule has 0 radical (unpaired) electrons. The topological polar surface area (TPSA) is 105 Å².